The molecule has 114 valence electrons. The maximum absolute atomic E-state index is 10.2. The first kappa shape index (κ1) is 22.7. The summed E-state index contributed by atoms with van der Waals surface area (Å²) in [5.41, 5.74) is 0. The Balaban J connectivity index is 0. The van der Waals surface area contributed by atoms with Gasteiger partial charge in [-0.2, -0.15) is 0 Å². The molecule has 1 N–H and O–H groups in total. The summed E-state index contributed by atoms with van der Waals surface area (Å²) in [4.78, 5) is 10.2. The Kier molecular flexibility index (Phi) is 22.1. The maximum atomic E-state index is 10.2. The van der Waals surface area contributed by atoms with E-state index in [1.54, 1.807) is 0 Å². The van der Waals surface area contributed by atoms with Gasteiger partial charge in [-0.05, 0) is 19.4 Å². The van der Waals surface area contributed by atoms with Gasteiger partial charge in [0.25, 0.3) is 0 Å². The molecule has 0 unspecified atom stereocenters. The van der Waals surface area contributed by atoms with Crippen LogP contribution in [0.3, 0.4) is 0 Å². The molecule has 0 aliphatic heterocycles. The summed E-state index contributed by atoms with van der Waals surface area (Å²) >= 11 is 0. The summed E-state index contributed by atoms with van der Waals surface area (Å²) in [5.74, 6) is -0.966. The van der Waals surface area contributed by atoms with Crippen molar-refractivity contribution in [2.45, 2.75) is 84.0 Å². The number of rotatable bonds is 15. The quantitative estimate of drug-likeness (QED) is 0.342. The Hall–Kier alpha value is 0.430. The van der Waals surface area contributed by atoms with Crippen molar-refractivity contribution in [2.24, 2.45) is 0 Å². The van der Waals surface area contributed by atoms with Crippen LogP contribution in [0.5, 0.6) is 0 Å². The van der Waals surface area contributed by atoms with Crippen LogP contribution < -0.4 is 40.0 Å². The van der Waals surface area contributed by atoms with E-state index in [2.05, 4.69) is 12.2 Å². The molecule has 0 radical (unpaired) electrons. The zero-order chi connectivity index (χ0) is 14.2. The summed E-state index contributed by atoms with van der Waals surface area (Å²) in [6.45, 7) is 3.73. The molecule has 0 rings (SSSR count). The van der Waals surface area contributed by atoms with Crippen molar-refractivity contribution in [2.75, 3.05) is 13.1 Å². The number of hydrogen-bond acceptors (Lipinski definition) is 3. The third-order valence-electron chi connectivity index (χ3n) is 3.46. The van der Waals surface area contributed by atoms with Gasteiger partial charge in [-0.1, -0.05) is 71.1 Å². The van der Waals surface area contributed by atoms with Crippen molar-refractivity contribution >= 4 is 5.97 Å². The summed E-state index contributed by atoms with van der Waals surface area (Å²) in [6.07, 6.45) is 14.9. The minimum absolute atomic E-state index is 0. The number of unbranched alkanes of at least 4 members (excludes halogenated alkanes) is 10. The number of hydrogen-bond donors (Lipinski definition) is 1. The van der Waals surface area contributed by atoms with Gasteiger partial charge in [0.2, 0.25) is 0 Å². The molecule has 0 aromatic carbocycles. The minimum Gasteiger partial charge on any atom is -0.550 e. The van der Waals surface area contributed by atoms with E-state index >= 15 is 0 Å². The Bertz CT molecular complexity index is 201. The predicted octanol–water partition coefficient (Wildman–Crippen LogP) is 0.0310. The smallest absolute Gasteiger partial charge is 0.550 e. The molecule has 0 amide bonds. The van der Waals surface area contributed by atoms with Gasteiger partial charge in [0.1, 0.15) is 0 Å². The summed E-state index contributed by atoms with van der Waals surface area (Å²) < 4.78 is 0. The summed E-state index contributed by atoms with van der Waals surface area (Å²) in [7, 11) is 0. The zero-order valence-electron chi connectivity index (χ0n) is 13.7. The number of carbonyl (C=O) groups excluding carboxylic acids is 1. The number of carboxylic acids is 1. The molecule has 4 heteroatoms. The standard InChI is InChI=1S/C16H33NO2.Na/c1-2-3-4-5-6-7-8-9-10-11-12-14-17-15-13-16(18)19;/h17H,2-15H2,1H3,(H,18,19);/q;+1/p-1. The third-order valence-corrected chi connectivity index (χ3v) is 3.46. The molecule has 0 saturated carbocycles. The molecule has 0 bridgehead atoms. The Labute approximate surface area is 147 Å². The van der Waals surface area contributed by atoms with Crippen molar-refractivity contribution in [1.29, 1.82) is 0 Å². The second-order valence-electron chi connectivity index (χ2n) is 5.41. The molecule has 0 saturated heterocycles. The molecule has 0 fully saturated rings. The molecule has 0 spiro atoms. The van der Waals surface area contributed by atoms with Crippen LogP contribution in [0.15, 0.2) is 0 Å². The molecular formula is C16H32NNaO2. The van der Waals surface area contributed by atoms with Crippen molar-refractivity contribution in [3.63, 3.8) is 0 Å². The SMILES string of the molecule is CCCCCCCCCCCCCNCCC(=O)[O-].[Na+]. The van der Waals surface area contributed by atoms with E-state index < -0.39 is 5.97 Å². The van der Waals surface area contributed by atoms with Gasteiger partial charge in [0, 0.05) is 12.5 Å². The maximum Gasteiger partial charge on any atom is 1.00 e. The molecule has 20 heavy (non-hydrogen) atoms. The van der Waals surface area contributed by atoms with E-state index in [-0.39, 0.29) is 36.0 Å². The fourth-order valence-electron chi connectivity index (χ4n) is 2.23. The van der Waals surface area contributed by atoms with Gasteiger partial charge < -0.3 is 15.2 Å². The first-order chi connectivity index (χ1) is 9.27. The van der Waals surface area contributed by atoms with E-state index in [1.165, 1.54) is 64.2 Å². The molecule has 0 atom stereocenters. The largest absolute Gasteiger partial charge is 1.00 e. The van der Waals surface area contributed by atoms with Crippen molar-refractivity contribution in [3.05, 3.63) is 0 Å². The number of aliphatic carboxylic acids is 1. The van der Waals surface area contributed by atoms with Crippen LogP contribution in [-0.2, 0) is 4.79 Å². The van der Waals surface area contributed by atoms with Crippen molar-refractivity contribution < 1.29 is 39.5 Å². The van der Waals surface area contributed by atoms with Crippen molar-refractivity contribution in [3.8, 4) is 0 Å². The number of nitrogens with one attached hydrogen (secondary N) is 1. The average molecular weight is 293 g/mol. The molecule has 0 aliphatic rings. The van der Waals surface area contributed by atoms with E-state index in [9.17, 15) is 9.90 Å². The first-order valence-corrected chi connectivity index (χ1v) is 8.18. The van der Waals surface area contributed by atoms with E-state index in [1.807, 2.05) is 0 Å². The summed E-state index contributed by atoms with van der Waals surface area (Å²) in [5, 5.41) is 13.3. The van der Waals surface area contributed by atoms with Crippen LogP contribution in [0.1, 0.15) is 84.0 Å². The Morgan fingerprint density at radius 2 is 1.25 bits per heavy atom. The van der Waals surface area contributed by atoms with Gasteiger partial charge in [0.05, 0.1) is 0 Å². The number of carbonyl (C=O) groups is 1. The normalized spacial score (nSPS) is 10.2. The van der Waals surface area contributed by atoms with Crippen LogP contribution in [0.2, 0.25) is 0 Å². The van der Waals surface area contributed by atoms with Gasteiger partial charge in [0.15, 0.2) is 0 Å². The zero-order valence-corrected chi connectivity index (χ0v) is 15.7. The van der Waals surface area contributed by atoms with Crippen LogP contribution in [0.25, 0.3) is 0 Å². The van der Waals surface area contributed by atoms with Crippen LogP contribution >= 0.6 is 0 Å². The Morgan fingerprint density at radius 1 is 0.800 bits per heavy atom. The van der Waals surface area contributed by atoms with E-state index in [4.69, 9.17) is 0 Å². The summed E-state index contributed by atoms with van der Waals surface area (Å²) in [6, 6.07) is 0. The Morgan fingerprint density at radius 3 is 1.70 bits per heavy atom. The minimum atomic E-state index is -0.966. The molecule has 0 heterocycles. The monoisotopic (exact) mass is 293 g/mol. The molecule has 0 aromatic rings. The first-order valence-electron chi connectivity index (χ1n) is 8.18. The van der Waals surface area contributed by atoms with Crippen LogP contribution in [0.4, 0.5) is 0 Å². The van der Waals surface area contributed by atoms with Gasteiger partial charge in [-0.3, -0.25) is 0 Å². The van der Waals surface area contributed by atoms with Crippen molar-refractivity contribution in [1.82, 2.24) is 5.32 Å². The van der Waals surface area contributed by atoms with Gasteiger partial charge in [-0.25, -0.2) is 0 Å². The average Bonchev–Trinajstić information content (AvgIpc) is 2.39. The molecule has 0 aromatic heterocycles. The second-order valence-corrected chi connectivity index (χ2v) is 5.41. The molecule has 0 aliphatic carbocycles. The predicted molar refractivity (Wildman–Crippen MR) is 79.0 cm³/mol. The molecular weight excluding hydrogens is 261 g/mol. The second kappa shape index (κ2) is 19.4. The third kappa shape index (κ3) is 20.7. The van der Waals surface area contributed by atoms with E-state index in [0.717, 1.165) is 13.0 Å². The topological polar surface area (TPSA) is 52.2 Å². The molecule has 3 nitrogen and oxygen atoms in total. The van der Waals surface area contributed by atoms with E-state index in [0.29, 0.717) is 6.54 Å². The fraction of sp³-hybridized carbons (Fsp3) is 0.938. The number of carboxylic acid groups (broad SMARTS) is 1. The van der Waals surface area contributed by atoms with Crippen LogP contribution in [-0.4, -0.2) is 19.1 Å². The van der Waals surface area contributed by atoms with Gasteiger partial charge >= 0.3 is 29.6 Å². The van der Waals surface area contributed by atoms with Crippen LogP contribution in [0, 0.1) is 0 Å². The fourth-order valence-corrected chi connectivity index (χ4v) is 2.23. The van der Waals surface area contributed by atoms with Gasteiger partial charge in [-0.15, -0.1) is 0 Å².